The van der Waals surface area contributed by atoms with Gasteiger partial charge in [0.05, 0.1) is 6.61 Å². The van der Waals surface area contributed by atoms with Crippen molar-refractivity contribution in [1.82, 2.24) is 9.55 Å². The zero-order valence-corrected chi connectivity index (χ0v) is 30.1. The van der Waals surface area contributed by atoms with Crippen molar-refractivity contribution in [3.05, 3.63) is 22.7 Å². The fourth-order valence-corrected chi connectivity index (χ4v) is 7.15. The van der Waals surface area contributed by atoms with Gasteiger partial charge >= 0.3 is 5.69 Å². The van der Waals surface area contributed by atoms with E-state index < -0.39 is 55.2 Å². The third kappa shape index (κ3) is 7.70. The van der Waals surface area contributed by atoms with Crippen LogP contribution in [0.2, 0.25) is 54.4 Å². The van der Waals surface area contributed by atoms with E-state index in [2.05, 4.69) is 107 Å². The number of rotatable bonds is 9. The van der Waals surface area contributed by atoms with Crippen LogP contribution in [-0.2, 0) is 18.0 Å². The van der Waals surface area contributed by atoms with E-state index in [0.717, 1.165) is 0 Å². The van der Waals surface area contributed by atoms with E-state index in [0.29, 0.717) is 6.61 Å². The van der Waals surface area contributed by atoms with Crippen molar-refractivity contribution in [2.45, 2.75) is 141 Å². The fraction of sp³-hybridized carbons (Fsp3) is 0.852. The molecule has 0 spiro atoms. The van der Waals surface area contributed by atoms with Gasteiger partial charge in [-0.2, -0.15) is 10.9 Å². The molecule has 0 aliphatic carbocycles. The molecule has 12 heteroatoms. The SMILES string of the molecule is CC(C)(C)[Si](C)(C)OC[C@H]1O[C@@H](n2ccc(ON)nc2=O)C(O[Si](C)(C)C(C)(C)C)[C@H]1O[Si](C)(C)C(C)(C)C. The number of nitrogens with two attached hydrogens (primary N) is 1. The molecule has 1 aromatic heterocycles. The lowest BCUT2D eigenvalue weighted by molar-refractivity contribution is -0.0511. The second-order valence-corrected chi connectivity index (χ2v) is 29.7. The number of hydrogen-bond donors (Lipinski definition) is 1. The van der Waals surface area contributed by atoms with Gasteiger partial charge in [0.2, 0.25) is 5.88 Å². The minimum Gasteiger partial charge on any atom is -0.414 e. The van der Waals surface area contributed by atoms with Gasteiger partial charge in [-0.25, -0.2) is 4.79 Å². The van der Waals surface area contributed by atoms with Gasteiger partial charge in [0.25, 0.3) is 0 Å². The maximum atomic E-state index is 13.1. The lowest BCUT2D eigenvalue weighted by Gasteiger charge is -2.44. The molecular formula is C27H55N3O6Si3. The molecule has 9 nitrogen and oxygen atoms in total. The molecule has 39 heavy (non-hydrogen) atoms. The van der Waals surface area contributed by atoms with E-state index in [-0.39, 0.29) is 21.0 Å². The summed E-state index contributed by atoms with van der Waals surface area (Å²) < 4.78 is 29.0. The molecule has 1 fully saturated rings. The summed E-state index contributed by atoms with van der Waals surface area (Å²) in [6, 6.07) is 1.55. The van der Waals surface area contributed by atoms with Crippen LogP contribution in [0.1, 0.15) is 68.5 Å². The molecule has 2 heterocycles. The number of nitrogens with zero attached hydrogens (tertiary/aromatic N) is 2. The summed E-state index contributed by atoms with van der Waals surface area (Å²) in [4.78, 5) is 21.8. The topological polar surface area (TPSA) is 107 Å². The van der Waals surface area contributed by atoms with Crippen LogP contribution in [0, 0.1) is 0 Å². The van der Waals surface area contributed by atoms with E-state index in [4.69, 9.17) is 28.7 Å². The van der Waals surface area contributed by atoms with E-state index in [9.17, 15) is 4.79 Å². The first kappa shape index (κ1) is 34.3. The molecule has 0 radical (unpaired) electrons. The zero-order valence-electron chi connectivity index (χ0n) is 27.1. The smallest absolute Gasteiger partial charge is 0.353 e. The van der Waals surface area contributed by atoms with E-state index in [1.807, 2.05) is 0 Å². The number of ether oxygens (including phenoxy) is 1. The number of hydrogen-bond acceptors (Lipinski definition) is 8. The predicted octanol–water partition coefficient (Wildman–Crippen LogP) is 6.20. The first-order valence-corrected chi connectivity index (χ1v) is 22.7. The maximum Gasteiger partial charge on any atom is 0.353 e. The van der Waals surface area contributed by atoms with Gasteiger partial charge in [0, 0.05) is 12.3 Å². The van der Waals surface area contributed by atoms with Crippen molar-refractivity contribution < 1.29 is 22.9 Å². The Bertz CT molecular complexity index is 1040. The van der Waals surface area contributed by atoms with Crippen LogP contribution < -0.4 is 16.4 Å². The highest BCUT2D eigenvalue weighted by Crippen LogP contribution is 2.46. The molecule has 4 atom stereocenters. The standard InChI is InChI=1S/C27H55N3O6Si3/c1-25(2,3)37(10,11)32-18-19-21(35-38(12,13)26(4,5)6)22(36-39(14,15)27(7,8)9)23(33-19)30-17-16-20(34-28)29-24(30)31/h16-17,19,21-23H,18,28H2,1-15H3/t19-,21+,22?,23-/m1/s1. The fourth-order valence-electron chi connectivity index (χ4n) is 3.53. The molecule has 1 aliphatic rings. The van der Waals surface area contributed by atoms with Gasteiger partial charge in [-0.15, -0.1) is 0 Å². The summed E-state index contributed by atoms with van der Waals surface area (Å²) in [5.74, 6) is 5.31. The summed E-state index contributed by atoms with van der Waals surface area (Å²) in [5, 5.41) is -0.0536. The molecule has 226 valence electrons. The Labute approximate surface area is 239 Å². The first-order chi connectivity index (χ1) is 17.3. The van der Waals surface area contributed by atoms with Crippen molar-refractivity contribution in [2.75, 3.05) is 6.61 Å². The largest absolute Gasteiger partial charge is 0.414 e. The quantitative estimate of drug-likeness (QED) is 0.264. The molecule has 2 rings (SSSR count). The minimum absolute atomic E-state index is 0.0318. The van der Waals surface area contributed by atoms with Crippen LogP contribution in [0.4, 0.5) is 0 Å². The van der Waals surface area contributed by atoms with E-state index >= 15 is 0 Å². The molecule has 1 aliphatic heterocycles. The third-order valence-corrected chi connectivity index (χ3v) is 22.8. The summed E-state index contributed by atoms with van der Waals surface area (Å²) in [6.45, 7) is 33.6. The Hall–Kier alpha value is -0.869. The van der Waals surface area contributed by atoms with E-state index in [1.54, 1.807) is 12.3 Å². The molecule has 0 aromatic carbocycles. The van der Waals surface area contributed by atoms with Crippen molar-refractivity contribution in [2.24, 2.45) is 5.90 Å². The second kappa shape index (κ2) is 11.4. The Morgan fingerprint density at radius 2 is 1.31 bits per heavy atom. The van der Waals surface area contributed by atoms with Crippen LogP contribution in [0.15, 0.2) is 17.1 Å². The number of aromatic nitrogens is 2. The molecule has 0 saturated carbocycles. The molecular weight excluding hydrogens is 547 g/mol. The molecule has 1 aromatic rings. The van der Waals surface area contributed by atoms with E-state index in [1.165, 1.54) is 4.57 Å². The van der Waals surface area contributed by atoms with Crippen molar-refractivity contribution >= 4 is 25.0 Å². The Balaban J connectivity index is 2.66. The van der Waals surface area contributed by atoms with Crippen LogP contribution in [0.5, 0.6) is 5.88 Å². The highest BCUT2D eigenvalue weighted by Gasteiger charge is 2.55. The lowest BCUT2D eigenvalue weighted by Crippen LogP contribution is -2.54. The predicted molar refractivity (Wildman–Crippen MR) is 165 cm³/mol. The van der Waals surface area contributed by atoms with Crippen LogP contribution in [0.3, 0.4) is 0 Å². The van der Waals surface area contributed by atoms with Crippen LogP contribution >= 0.6 is 0 Å². The Morgan fingerprint density at radius 1 is 0.846 bits per heavy atom. The van der Waals surface area contributed by atoms with Crippen LogP contribution in [0.25, 0.3) is 0 Å². The normalized spacial score (nSPS) is 23.8. The summed E-state index contributed by atoms with van der Waals surface area (Å²) in [6.07, 6.45) is -0.520. The second-order valence-electron chi connectivity index (χ2n) is 15.4. The van der Waals surface area contributed by atoms with Crippen molar-refractivity contribution in [1.29, 1.82) is 0 Å². The average molecular weight is 602 g/mol. The minimum atomic E-state index is -2.32. The Morgan fingerprint density at radius 3 is 1.72 bits per heavy atom. The summed E-state index contributed by atoms with van der Waals surface area (Å²) in [5.41, 5.74) is -0.524. The molecule has 1 unspecified atom stereocenters. The van der Waals surface area contributed by atoms with Gasteiger partial charge in [-0.1, -0.05) is 62.3 Å². The van der Waals surface area contributed by atoms with Gasteiger partial charge in [0.15, 0.2) is 31.2 Å². The first-order valence-electron chi connectivity index (χ1n) is 14.0. The van der Waals surface area contributed by atoms with Crippen LogP contribution in [-0.4, -0.2) is 59.4 Å². The molecule has 1 saturated heterocycles. The van der Waals surface area contributed by atoms with Gasteiger partial charge in [-0.05, 0) is 54.4 Å². The highest BCUT2D eigenvalue weighted by molar-refractivity contribution is 6.75. The Kier molecular flexibility index (Phi) is 10.1. The zero-order chi connectivity index (χ0) is 30.4. The maximum absolute atomic E-state index is 13.1. The van der Waals surface area contributed by atoms with Crippen molar-refractivity contribution in [3.63, 3.8) is 0 Å². The van der Waals surface area contributed by atoms with Gasteiger partial charge in [0.1, 0.15) is 18.3 Å². The average Bonchev–Trinajstić information content (AvgIpc) is 3.05. The molecule has 0 amide bonds. The van der Waals surface area contributed by atoms with Crippen molar-refractivity contribution in [3.8, 4) is 5.88 Å². The summed E-state index contributed by atoms with van der Waals surface area (Å²) in [7, 11) is -6.68. The summed E-state index contributed by atoms with van der Waals surface area (Å²) >= 11 is 0. The highest BCUT2D eigenvalue weighted by atomic mass is 28.4. The third-order valence-electron chi connectivity index (χ3n) is 9.37. The van der Waals surface area contributed by atoms with Gasteiger partial charge < -0.3 is 22.9 Å². The van der Waals surface area contributed by atoms with Gasteiger partial charge in [-0.3, -0.25) is 4.57 Å². The lowest BCUT2D eigenvalue weighted by atomic mass is 10.1. The monoisotopic (exact) mass is 601 g/mol. The molecule has 2 N–H and O–H groups in total. The molecule has 0 bridgehead atoms.